The van der Waals surface area contributed by atoms with Gasteiger partial charge in [-0.15, -0.1) is 0 Å². The molecule has 6 heteroatoms. The van der Waals surface area contributed by atoms with Gasteiger partial charge in [0.15, 0.2) is 0 Å². The Hall–Kier alpha value is -1.69. The molecule has 1 aromatic rings. The van der Waals surface area contributed by atoms with E-state index in [2.05, 4.69) is 34.4 Å². The van der Waals surface area contributed by atoms with E-state index in [0.717, 1.165) is 25.9 Å². The summed E-state index contributed by atoms with van der Waals surface area (Å²) in [5, 5.41) is 6.00. The second-order valence-electron chi connectivity index (χ2n) is 5.72. The van der Waals surface area contributed by atoms with Gasteiger partial charge in [-0.2, -0.15) is 0 Å². The molecule has 1 unspecified atom stereocenters. The van der Waals surface area contributed by atoms with Gasteiger partial charge in [-0.25, -0.2) is 9.97 Å². The summed E-state index contributed by atoms with van der Waals surface area (Å²) in [6.45, 7) is 6.43. The molecule has 0 aliphatic carbocycles. The Morgan fingerprint density at radius 3 is 3.10 bits per heavy atom. The maximum absolute atomic E-state index is 12.0. The maximum Gasteiger partial charge on any atom is 0.270 e. The van der Waals surface area contributed by atoms with E-state index in [1.807, 2.05) is 0 Å². The molecule has 1 amide bonds. The largest absolute Gasteiger partial charge is 0.376 e. The lowest BCUT2D eigenvalue weighted by atomic mass is 10.1. The molecule has 0 saturated carbocycles. The standard InChI is InChI=1S/C15H24N4O2/c1-11(2)5-7-16-14(20)13-6-8-17-15(19-13)18-10-12-4-3-9-21-12/h6,8,11-12H,3-5,7,9-10H2,1-2H3,(H,16,20)(H,17,18,19). The number of carbonyl (C=O) groups is 1. The Labute approximate surface area is 125 Å². The van der Waals surface area contributed by atoms with Crippen molar-refractivity contribution in [2.24, 2.45) is 5.92 Å². The van der Waals surface area contributed by atoms with Crippen molar-refractivity contribution < 1.29 is 9.53 Å². The van der Waals surface area contributed by atoms with Crippen molar-refractivity contribution in [3.05, 3.63) is 18.0 Å². The van der Waals surface area contributed by atoms with E-state index in [1.165, 1.54) is 0 Å². The molecule has 21 heavy (non-hydrogen) atoms. The number of rotatable bonds is 7. The van der Waals surface area contributed by atoms with Gasteiger partial charge in [-0.3, -0.25) is 4.79 Å². The lowest BCUT2D eigenvalue weighted by Crippen LogP contribution is -2.27. The second-order valence-corrected chi connectivity index (χ2v) is 5.72. The number of carbonyl (C=O) groups excluding carboxylic acids is 1. The predicted octanol–water partition coefficient (Wildman–Crippen LogP) is 1.84. The molecule has 2 N–H and O–H groups in total. The van der Waals surface area contributed by atoms with Crippen LogP contribution >= 0.6 is 0 Å². The van der Waals surface area contributed by atoms with Crippen LogP contribution in [0.3, 0.4) is 0 Å². The zero-order valence-electron chi connectivity index (χ0n) is 12.8. The summed E-state index contributed by atoms with van der Waals surface area (Å²) in [5.74, 6) is 0.888. The highest BCUT2D eigenvalue weighted by Gasteiger charge is 2.15. The van der Waals surface area contributed by atoms with E-state index in [-0.39, 0.29) is 12.0 Å². The first-order chi connectivity index (χ1) is 10.1. The lowest BCUT2D eigenvalue weighted by molar-refractivity contribution is 0.0947. The molecule has 1 saturated heterocycles. The number of amides is 1. The molecule has 2 heterocycles. The fourth-order valence-electron chi connectivity index (χ4n) is 2.15. The maximum atomic E-state index is 12.0. The van der Waals surface area contributed by atoms with Crippen LogP contribution in [0.15, 0.2) is 12.3 Å². The van der Waals surface area contributed by atoms with Gasteiger partial charge in [0.05, 0.1) is 6.10 Å². The quantitative estimate of drug-likeness (QED) is 0.802. The zero-order chi connectivity index (χ0) is 15.1. The summed E-state index contributed by atoms with van der Waals surface area (Å²) in [6.07, 6.45) is 4.94. The van der Waals surface area contributed by atoms with Crippen LogP contribution in [-0.4, -0.2) is 41.7 Å². The Morgan fingerprint density at radius 2 is 2.38 bits per heavy atom. The molecular weight excluding hydrogens is 268 g/mol. The monoisotopic (exact) mass is 292 g/mol. The summed E-state index contributed by atoms with van der Waals surface area (Å²) in [6, 6.07) is 1.63. The van der Waals surface area contributed by atoms with E-state index < -0.39 is 0 Å². The first-order valence-electron chi connectivity index (χ1n) is 7.62. The number of hydrogen-bond donors (Lipinski definition) is 2. The molecule has 1 aliphatic heterocycles. The zero-order valence-corrected chi connectivity index (χ0v) is 12.8. The molecule has 0 radical (unpaired) electrons. The smallest absolute Gasteiger partial charge is 0.270 e. The number of ether oxygens (including phenoxy) is 1. The van der Waals surface area contributed by atoms with Crippen LogP contribution in [-0.2, 0) is 4.74 Å². The summed E-state index contributed by atoms with van der Waals surface area (Å²) < 4.78 is 5.53. The Kier molecular flexibility index (Phi) is 5.92. The average molecular weight is 292 g/mol. The number of aromatic nitrogens is 2. The summed E-state index contributed by atoms with van der Waals surface area (Å²) in [5.41, 5.74) is 0.392. The van der Waals surface area contributed by atoms with Gasteiger partial charge in [-0.1, -0.05) is 13.8 Å². The average Bonchev–Trinajstić information content (AvgIpc) is 2.98. The van der Waals surface area contributed by atoms with Crippen LogP contribution in [0.2, 0.25) is 0 Å². The van der Waals surface area contributed by atoms with Gasteiger partial charge in [0.1, 0.15) is 5.69 Å². The molecule has 0 spiro atoms. The molecule has 1 aliphatic rings. The van der Waals surface area contributed by atoms with E-state index in [4.69, 9.17) is 4.74 Å². The fourth-order valence-corrected chi connectivity index (χ4v) is 2.15. The van der Waals surface area contributed by atoms with Crippen LogP contribution in [0.25, 0.3) is 0 Å². The fraction of sp³-hybridized carbons (Fsp3) is 0.667. The van der Waals surface area contributed by atoms with Crippen LogP contribution < -0.4 is 10.6 Å². The van der Waals surface area contributed by atoms with Gasteiger partial charge in [0, 0.05) is 25.9 Å². The van der Waals surface area contributed by atoms with E-state index >= 15 is 0 Å². The summed E-state index contributed by atoms with van der Waals surface area (Å²) in [7, 11) is 0. The Morgan fingerprint density at radius 1 is 1.52 bits per heavy atom. The first kappa shape index (κ1) is 15.7. The highest BCUT2D eigenvalue weighted by Crippen LogP contribution is 2.12. The van der Waals surface area contributed by atoms with Crippen LogP contribution in [0.5, 0.6) is 0 Å². The van der Waals surface area contributed by atoms with Crippen molar-refractivity contribution in [1.82, 2.24) is 15.3 Å². The van der Waals surface area contributed by atoms with Gasteiger partial charge in [0.25, 0.3) is 5.91 Å². The Bertz CT molecular complexity index is 459. The minimum Gasteiger partial charge on any atom is -0.376 e. The van der Waals surface area contributed by atoms with E-state index in [1.54, 1.807) is 12.3 Å². The van der Waals surface area contributed by atoms with Crippen molar-refractivity contribution in [1.29, 1.82) is 0 Å². The third-order valence-electron chi connectivity index (χ3n) is 3.41. The minimum atomic E-state index is -0.154. The number of nitrogens with zero attached hydrogens (tertiary/aromatic N) is 2. The van der Waals surface area contributed by atoms with Gasteiger partial charge in [-0.05, 0) is 31.2 Å². The van der Waals surface area contributed by atoms with Crippen molar-refractivity contribution in [2.75, 3.05) is 25.0 Å². The highest BCUT2D eigenvalue weighted by atomic mass is 16.5. The first-order valence-corrected chi connectivity index (χ1v) is 7.62. The van der Waals surface area contributed by atoms with Gasteiger partial charge >= 0.3 is 0 Å². The molecule has 1 aromatic heterocycles. The van der Waals surface area contributed by atoms with E-state index in [9.17, 15) is 4.79 Å². The molecule has 0 bridgehead atoms. The molecular formula is C15H24N4O2. The van der Waals surface area contributed by atoms with Gasteiger partial charge < -0.3 is 15.4 Å². The van der Waals surface area contributed by atoms with Gasteiger partial charge in [0.2, 0.25) is 5.95 Å². The van der Waals surface area contributed by atoms with Crippen LogP contribution in [0, 0.1) is 5.92 Å². The molecule has 2 rings (SSSR count). The van der Waals surface area contributed by atoms with Crippen molar-refractivity contribution in [3.8, 4) is 0 Å². The molecule has 1 atom stereocenters. The molecule has 0 aromatic carbocycles. The normalized spacial score (nSPS) is 18.0. The summed E-state index contributed by atoms with van der Waals surface area (Å²) >= 11 is 0. The number of nitrogens with one attached hydrogen (secondary N) is 2. The lowest BCUT2D eigenvalue weighted by Gasteiger charge is -2.11. The topological polar surface area (TPSA) is 76.1 Å². The summed E-state index contributed by atoms with van der Waals surface area (Å²) in [4.78, 5) is 20.4. The highest BCUT2D eigenvalue weighted by molar-refractivity contribution is 5.92. The third-order valence-corrected chi connectivity index (χ3v) is 3.41. The molecule has 6 nitrogen and oxygen atoms in total. The SMILES string of the molecule is CC(C)CCNC(=O)c1ccnc(NCC2CCCO2)n1. The molecule has 1 fully saturated rings. The molecule has 116 valence electrons. The minimum absolute atomic E-state index is 0.154. The van der Waals surface area contributed by atoms with E-state index in [0.29, 0.717) is 30.6 Å². The predicted molar refractivity (Wildman–Crippen MR) is 81.3 cm³/mol. The van der Waals surface area contributed by atoms with Crippen molar-refractivity contribution in [2.45, 2.75) is 39.2 Å². The van der Waals surface area contributed by atoms with Crippen LogP contribution in [0.1, 0.15) is 43.6 Å². The number of anilines is 1. The van der Waals surface area contributed by atoms with Crippen LogP contribution in [0.4, 0.5) is 5.95 Å². The number of hydrogen-bond acceptors (Lipinski definition) is 5. The van der Waals surface area contributed by atoms with Crippen molar-refractivity contribution in [3.63, 3.8) is 0 Å². The van der Waals surface area contributed by atoms with Crippen molar-refractivity contribution >= 4 is 11.9 Å². The second kappa shape index (κ2) is 7.93. The third kappa shape index (κ3) is 5.30. The Balaban J connectivity index is 1.82.